The van der Waals surface area contributed by atoms with E-state index >= 15 is 0 Å². The van der Waals surface area contributed by atoms with Gasteiger partial charge in [0.2, 0.25) is 10.0 Å². The van der Waals surface area contributed by atoms with Crippen LogP contribution in [0, 0.1) is 0 Å². The predicted octanol–water partition coefficient (Wildman–Crippen LogP) is 4.10. The van der Waals surface area contributed by atoms with Crippen LogP contribution in [-0.4, -0.2) is 41.8 Å². The van der Waals surface area contributed by atoms with Crippen molar-refractivity contribution >= 4 is 10.0 Å². The molecular formula is C21H35NO4S. The number of rotatable bonds is 8. The van der Waals surface area contributed by atoms with Crippen LogP contribution >= 0.6 is 0 Å². The van der Waals surface area contributed by atoms with Crippen molar-refractivity contribution in [2.75, 3.05) is 12.8 Å². The molecule has 1 fully saturated rings. The number of phenolic OH excluding ortho intramolecular Hbond substituents is 1. The van der Waals surface area contributed by atoms with Gasteiger partial charge in [-0.15, -0.1) is 0 Å². The number of hydrogen-bond acceptors (Lipinski definition) is 4. The molecule has 0 spiro atoms. The number of aromatic hydroxyl groups is 1. The third-order valence-electron chi connectivity index (χ3n) is 5.78. The minimum Gasteiger partial charge on any atom is -0.508 e. The van der Waals surface area contributed by atoms with Crippen LogP contribution in [0.15, 0.2) is 18.2 Å². The van der Waals surface area contributed by atoms with E-state index in [0.717, 1.165) is 18.4 Å². The van der Waals surface area contributed by atoms with Crippen molar-refractivity contribution in [2.45, 2.75) is 83.3 Å². The fraction of sp³-hybridized carbons (Fsp3) is 0.714. The van der Waals surface area contributed by atoms with Gasteiger partial charge in [-0.1, -0.05) is 58.6 Å². The third kappa shape index (κ3) is 5.69. The average molecular weight is 398 g/mol. The maximum Gasteiger partial charge on any atom is 0.211 e. The van der Waals surface area contributed by atoms with Gasteiger partial charge in [0.25, 0.3) is 0 Å². The zero-order chi connectivity index (χ0) is 20.2. The number of aliphatic hydroxyl groups excluding tert-OH is 1. The second kappa shape index (κ2) is 8.93. The lowest BCUT2D eigenvalue weighted by atomic mass is 9.79. The number of sulfonamides is 1. The highest BCUT2D eigenvalue weighted by Crippen LogP contribution is 2.40. The minimum atomic E-state index is -3.41. The van der Waals surface area contributed by atoms with Gasteiger partial charge < -0.3 is 10.2 Å². The standard InChI is InChI=1S/C21H35NO4S/c1-5-6-7-8-12-21(2,3)16-9-10-18(20(24)14-16)19-15-17(23)11-13-22(19)27(4,25)26/h9-10,14,17,19,23-24H,5-8,11-13,15H2,1-4H3. The Balaban J connectivity index is 2.24. The third-order valence-corrected chi connectivity index (χ3v) is 7.07. The molecular weight excluding hydrogens is 362 g/mol. The Bertz CT molecular complexity index is 730. The number of nitrogens with zero attached hydrogens (tertiary/aromatic N) is 1. The fourth-order valence-corrected chi connectivity index (χ4v) is 5.09. The zero-order valence-corrected chi connectivity index (χ0v) is 17.9. The second-order valence-electron chi connectivity index (χ2n) is 8.54. The first-order valence-corrected chi connectivity index (χ1v) is 11.9. The summed E-state index contributed by atoms with van der Waals surface area (Å²) in [5.41, 5.74) is 1.58. The van der Waals surface area contributed by atoms with Crippen molar-refractivity contribution in [3.8, 4) is 5.75 Å². The first-order valence-electron chi connectivity index (χ1n) is 10.0. The van der Waals surface area contributed by atoms with Gasteiger partial charge in [-0.25, -0.2) is 8.42 Å². The van der Waals surface area contributed by atoms with Crippen molar-refractivity contribution in [3.63, 3.8) is 0 Å². The molecule has 27 heavy (non-hydrogen) atoms. The molecule has 2 rings (SSSR count). The zero-order valence-electron chi connectivity index (χ0n) is 17.1. The number of unbranched alkanes of at least 4 members (excludes halogenated alkanes) is 3. The highest BCUT2D eigenvalue weighted by Gasteiger charge is 2.35. The van der Waals surface area contributed by atoms with E-state index in [0.29, 0.717) is 18.4 Å². The molecule has 0 bridgehead atoms. The molecule has 2 N–H and O–H groups in total. The SMILES string of the molecule is CCCCCCC(C)(C)c1ccc(C2CC(O)CCN2S(C)(=O)=O)c(O)c1. The molecule has 0 amide bonds. The molecule has 0 radical (unpaired) electrons. The Labute approximate surface area is 164 Å². The molecule has 0 aromatic heterocycles. The normalized spacial score (nSPS) is 22.1. The van der Waals surface area contributed by atoms with Gasteiger partial charge in [0.15, 0.2) is 0 Å². The summed E-state index contributed by atoms with van der Waals surface area (Å²) in [6, 6.07) is 5.08. The summed E-state index contributed by atoms with van der Waals surface area (Å²) < 4.78 is 25.7. The Morgan fingerprint density at radius 2 is 1.93 bits per heavy atom. The van der Waals surface area contributed by atoms with Gasteiger partial charge in [0.05, 0.1) is 18.4 Å². The first kappa shape index (κ1) is 22.2. The fourth-order valence-electron chi connectivity index (χ4n) is 3.99. The highest BCUT2D eigenvalue weighted by molar-refractivity contribution is 7.88. The molecule has 2 unspecified atom stereocenters. The molecule has 6 heteroatoms. The van der Waals surface area contributed by atoms with E-state index in [1.165, 1.54) is 29.8 Å². The molecule has 5 nitrogen and oxygen atoms in total. The molecule has 1 saturated heterocycles. The Kier molecular flexibility index (Phi) is 7.33. The van der Waals surface area contributed by atoms with E-state index in [4.69, 9.17) is 0 Å². The van der Waals surface area contributed by atoms with E-state index in [-0.39, 0.29) is 17.7 Å². The van der Waals surface area contributed by atoms with E-state index in [1.54, 1.807) is 6.07 Å². The van der Waals surface area contributed by atoms with Gasteiger partial charge in [-0.05, 0) is 36.3 Å². The number of hydrogen-bond donors (Lipinski definition) is 2. The summed E-state index contributed by atoms with van der Waals surface area (Å²) in [6.07, 6.45) is 7.22. The lowest BCUT2D eigenvalue weighted by molar-refractivity contribution is 0.0804. The van der Waals surface area contributed by atoms with Crippen LogP contribution in [0.2, 0.25) is 0 Å². The van der Waals surface area contributed by atoms with Crippen molar-refractivity contribution in [1.82, 2.24) is 4.31 Å². The van der Waals surface area contributed by atoms with Crippen LogP contribution < -0.4 is 0 Å². The van der Waals surface area contributed by atoms with Crippen molar-refractivity contribution in [1.29, 1.82) is 0 Å². The van der Waals surface area contributed by atoms with Gasteiger partial charge >= 0.3 is 0 Å². The largest absolute Gasteiger partial charge is 0.508 e. The lowest BCUT2D eigenvalue weighted by Crippen LogP contribution is -2.42. The molecule has 1 aliphatic rings. The van der Waals surface area contributed by atoms with E-state index < -0.39 is 22.2 Å². The number of aliphatic hydroxyl groups is 1. The molecule has 1 heterocycles. The number of piperidine rings is 1. The quantitative estimate of drug-likeness (QED) is 0.648. The number of phenols is 1. The average Bonchev–Trinajstić information content (AvgIpc) is 2.57. The van der Waals surface area contributed by atoms with Gasteiger partial charge in [-0.2, -0.15) is 4.31 Å². The Morgan fingerprint density at radius 3 is 2.52 bits per heavy atom. The highest BCUT2D eigenvalue weighted by atomic mass is 32.2. The van der Waals surface area contributed by atoms with Crippen LogP contribution in [0.5, 0.6) is 5.75 Å². The van der Waals surface area contributed by atoms with Crippen molar-refractivity contribution in [2.24, 2.45) is 0 Å². The molecule has 0 saturated carbocycles. The van der Waals surface area contributed by atoms with Crippen LogP contribution in [-0.2, 0) is 15.4 Å². The van der Waals surface area contributed by atoms with E-state index in [2.05, 4.69) is 20.8 Å². The summed E-state index contributed by atoms with van der Waals surface area (Å²) in [5, 5.41) is 20.7. The summed E-state index contributed by atoms with van der Waals surface area (Å²) in [5.74, 6) is 0.113. The van der Waals surface area contributed by atoms with E-state index in [1.807, 2.05) is 12.1 Å². The maximum atomic E-state index is 12.1. The monoisotopic (exact) mass is 397 g/mol. The van der Waals surface area contributed by atoms with Gasteiger partial charge in [0.1, 0.15) is 5.75 Å². The second-order valence-corrected chi connectivity index (χ2v) is 10.5. The van der Waals surface area contributed by atoms with Gasteiger partial charge in [0, 0.05) is 12.1 Å². The molecule has 154 valence electrons. The smallest absolute Gasteiger partial charge is 0.211 e. The summed E-state index contributed by atoms with van der Waals surface area (Å²) in [6.45, 7) is 6.83. The predicted molar refractivity (Wildman–Crippen MR) is 109 cm³/mol. The molecule has 1 aliphatic heterocycles. The lowest BCUT2D eigenvalue weighted by Gasteiger charge is -2.37. The minimum absolute atomic E-state index is 0.0493. The first-order chi connectivity index (χ1) is 12.6. The van der Waals surface area contributed by atoms with Crippen molar-refractivity contribution in [3.05, 3.63) is 29.3 Å². The summed E-state index contributed by atoms with van der Waals surface area (Å²) in [7, 11) is -3.41. The van der Waals surface area contributed by atoms with Gasteiger partial charge in [-0.3, -0.25) is 0 Å². The van der Waals surface area contributed by atoms with E-state index in [9.17, 15) is 18.6 Å². The van der Waals surface area contributed by atoms with Crippen LogP contribution in [0.1, 0.15) is 82.9 Å². The van der Waals surface area contributed by atoms with Crippen LogP contribution in [0.3, 0.4) is 0 Å². The molecule has 2 atom stereocenters. The Morgan fingerprint density at radius 1 is 1.22 bits per heavy atom. The molecule has 1 aromatic carbocycles. The summed E-state index contributed by atoms with van der Waals surface area (Å²) >= 11 is 0. The number of benzene rings is 1. The maximum absolute atomic E-state index is 12.1. The van der Waals surface area contributed by atoms with Crippen LogP contribution in [0.25, 0.3) is 0 Å². The van der Waals surface area contributed by atoms with Crippen LogP contribution in [0.4, 0.5) is 0 Å². The molecule has 0 aliphatic carbocycles. The topological polar surface area (TPSA) is 77.8 Å². The summed E-state index contributed by atoms with van der Waals surface area (Å²) in [4.78, 5) is 0. The molecule has 1 aromatic rings. The Hall–Kier alpha value is -1.11. The van der Waals surface area contributed by atoms with Crippen molar-refractivity contribution < 1.29 is 18.6 Å².